The molecule has 0 aromatic rings. The van der Waals surface area contributed by atoms with E-state index in [0.29, 0.717) is 18.8 Å². The average molecular weight is 283 g/mol. The van der Waals surface area contributed by atoms with Crippen LogP contribution < -0.4 is 11.1 Å². The SMILES string of the molecule is CC1CC(C(=O)NC2CCCCCC2O)(C(N)=NO)C1. The Labute approximate surface area is 119 Å². The van der Waals surface area contributed by atoms with Crippen LogP contribution in [0.1, 0.15) is 51.9 Å². The Balaban J connectivity index is 2.05. The minimum absolute atomic E-state index is 0.0174. The van der Waals surface area contributed by atoms with Crippen molar-refractivity contribution in [3.8, 4) is 0 Å². The van der Waals surface area contributed by atoms with Gasteiger partial charge in [-0.25, -0.2) is 0 Å². The maximum atomic E-state index is 12.5. The summed E-state index contributed by atoms with van der Waals surface area (Å²) in [6.07, 6.45) is 5.29. The van der Waals surface area contributed by atoms with Crippen molar-refractivity contribution in [3.63, 3.8) is 0 Å². The van der Waals surface area contributed by atoms with Crippen molar-refractivity contribution in [2.75, 3.05) is 0 Å². The lowest BCUT2D eigenvalue weighted by Crippen LogP contribution is -2.59. The molecule has 20 heavy (non-hydrogen) atoms. The minimum atomic E-state index is -0.889. The van der Waals surface area contributed by atoms with Crippen molar-refractivity contribution < 1.29 is 15.1 Å². The van der Waals surface area contributed by atoms with Gasteiger partial charge in [-0.05, 0) is 31.6 Å². The zero-order chi connectivity index (χ0) is 14.8. The monoisotopic (exact) mass is 283 g/mol. The number of aliphatic hydroxyl groups excluding tert-OH is 1. The van der Waals surface area contributed by atoms with Crippen LogP contribution in [0.2, 0.25) is 0 Å². The summed E-state index contributed by atoms with van der Waals surface area (Å²) in [6, 6.07) is -0.218. The lowest BCUT2D eigenvalue weighted by molar-refractivity contribution is -0.134. The maximum absolute atomic E-state index is 12.5. The van der Waals surface area contributed by atoms with Crippen LogP contribution in [-0.2, 0) is 4.79 Å². The second-order valence-electron chi connectivity index (χ2n) is 6.37. The molecule has 6 nitrogen and oxygen atoms in total. The normalized spacial score (nSPS) is 38.7. The Hall–Kier alpha value is -1.30. The highest BCUT2D eigenvalue weighted by atomic mass is 16.4. The predicted molar refractivity (Wildman–Crippen MR) is 75.3 cm³/mol. The molecule has 0 aromatic carbocycles. The van der Waals surface area contributed by atoms with Gasteiger partial charge in [0.2, 0.25) is 5.91 Å². The smallest absolute Gasteiger partial charge is 0.234 e. The molecule has 114 valence electrons. The first-order valence-electron chi connectivity index (χ1n) is 7.46. The number of hydrogen-bond acceptors (Lipinski definition) is 4. The number of nitrogens with zero attached hydrogens (tertiary/aromatic N) is 1. The first-order chi connectivity index (χ1) is 9.49. The summed E-state index contributed by atoms with van der Waals surface area (Å²) in [5, 5.41) is 24.9. The third-order valence-corrected chi connectivity index (χ3v) is 4.72. The number of hydrogen-bond donors (Lipinski definition) is 4. The van der Waals surface area contributed by atoms with Gasteiger partial charge < -0.3 is 21.4 Å². The standard InChI is InChI=1S/C14H25N3O3/c1-9-7-14(8-9,12(15)17-20)13(19)16-10-5-3-2-4-6-11(10)18/h9-11,18,20H,2-8H2,1H3,(H2,15,17)(H,16,19). The molecule has 5 N–H and O–H groups in total. The zero-order valence-electron chi connectivity index (χ0n) is 12.0. The van der Waals surface area contributed by atoms with Crippen molar-refractivity contribution in [2.24, 2.45) is 22.2 Å². The number of nitrogens with two attached hydrogens (primary N) is 1. The largest absolute Gasteiger partial charge is 0.409 e. The van der Waals surface area contributed by atoms with Gasteiger partial charge in [-0.2, -0.15) is 0 Å². The number of amidine groups is 1. The molecular formula is C14H25N3O3. The third kappa shape index (κ3) is 2.75. The molecule has 2 aliphatic carbocycles. The fourth-order valence-electron chi connectivity index (χ4n) is 3.50. The van der Waals surface area contributed by atoms with Crippen LogP contribution in [0.15, 0.2) is 5.16 Å². The van der Waals surface area contributed by atoms with Gasteiger partial charge in [-0.15, -0.1) is 0 Å². The van der Waals surface area contributed by atoms with Crippen molar-refractivity contribution >= 4 is 11.7 Å². The molecule has 2 aliphatic rings. The number of oxime groups is 1. The van der Waals surface area contributed by atoms with Gasteiger partial charge in [-0.3, -0.25) is 4.79 Å². The molecule has 0 radical (unpaired) electrons. The van der Waals surface area contributed by atoms with Crippen molar-refractivity contribution in [1.82, 2.24) is 5.32 Å². The highest BCUT2D eigenvalue weighted by molar-refractivity contribution is 6.07. The molecule has 0 aliphatic heterocycles. The van der Waals surface area contributed by atoms with E-state index < -0.39 is 11.5 Å². The van der Waals surface area contributed by atoms with E-state index in [9.17, 15) is 9.90 Å². The molecule has 0 spiro atoms. The van der Waals surface area contributed by atoms with Crippen LogP contribution in [0, 0.1) is 11.3 Å². The summed E-state index contributed by atoms with van der Waals surface area (Å²) in [5.41, 5.74) is 4.83. The molecule has 1 amide bonds. The van der Waals surface area contributed by atoms with Crippen molar-refractivity contribution in [2.45, 2.75) is 64.0 Å². The van der Waals surface area contributed by atoms with E-state index in [1.54, 1.807) is 0 Å². The highest BCUT2D eigenvalue weighted by Crippen LogP contribution is 2.46. The Kier molecular flexibility index (Phi) is 4.52. The number of carbonyl (C=O) groups excluding carboxylic acids is 1. The van der Waals surface area contributed by atoms with Crippen LogP contribution in [-0.4, -0.2) is 34.2 Å². The molecule has 2 unspecified atom stereocenters. The summed E-state index contributed by atoms with van der Waals surface area (Å²) < 4.78 is 0. The lowest BCUT2D eigenvalue weighted by atomic mass is 9.61. The molecule has 6 heteroatoms. The van der Waals surface area contributed by atoms with Gasteiger partial charge in [-0.1, -0.05) is 31.3 Å². The Morgan fingerprint density at radius 3 is 2.55 bits per heavy atom. The summed E-state index contributed by atoms with van der Waals surface area (Å²) >= 11 is 0. The first-order valence-corrected chi connectivity index (χ1v) is 7.46. The Bertz CT molecular complexity index is 391. The fraction of sp³-hybridized carbons (Fsp3) is 0.857. The molecule has 2 rings (SSSR count). The first kappa shape index (κ1) is 15.1. The second kappa shape index (κ2) is 5.99. The van der Waals surface area contributed by atoms with Crippen LogP contribution in [0.4, 0.5) is 0 Å². The van der Waals surface area contributed by atoms with Gasteiger partial charge in [0, 0.05) is 0 Å². The van der Waals surface area contributed by atoms with Gasteiger partial charge in [0.15, 0.2) is 5.84 Å². The van der Waals surface area contributed by atoms with E-state index in [-0.39, 0.29) is 17.8 Å². The number of nitrogens with one attached hydrogen (secondary N) is 1. The zero-order valence-corrected chi connectivity index (χ0v) is 12.0. The number of rotatable bonds is 3. The van der Waals surface area contributed by atoms with Gasteiger partial charge in [0.05, 0.1) is 12.1 Å². The maximum Gasteiger partial charge on any atom is 0.234 e. The quantitative estimate of drug-likeness (QED) is 0.203. The van der Waals surface area contributed by atoms with E-state index in [2.05, 4.69) is 10.5 Å². The van der Waals surface area contributed by atoms with Gasteiger partial charge >= 0.3 is 0 Å². The van der Waals surface area contributed by atoms with E-state index in [1.807, 2.05) is 6.92 Å². The van der Waals surface area contributed by atoms with Crippen molar-refractivity contribution in [1.29, 1.82) is 0 Å². The molecule has 0 bridgehead atoms. The van der Waals surface area contributed by atoms with Crippen LogP contribution >= 0.6 is 0 Å². The number of aliphatic hydroxyl groups is 1. The lowest BCUT2D eigenvalue weighted by Gasteiger charge is -2.44. The van der Waals surface area contributed by atoms with Gasteiger partial charge in [0.1, 0.15) is 5.41 Å². The summed E-state index contributed by atoms with van der Waals surface area (Å²) in [4.78, 5) is 12.5. The predicted octanol–water partition coefficient (Wildman–Crippen LogP) is 0.959. The third-order valence-electron chi connectivity index (χ3n) is 4.72. The summed E-state index contributed by atoms with van der Waals surface area (Å²) in [7, 11) is 0. The Morgan fingerprint density at radius 2 is 1.95 bits per heavy atom. The van der Waals surface area contributed by atoms with Crippen LogP contribution in [0.3, 0.4) is 0 Å². The van der Waals surface area contributed by atoms with Crippen LogP contribution in [0.5, 0.6) is 0 Å². The summed E-state index contributed by atoms with van der Waals surface area (Å²) in [6.45, 7) is 2.04. The van der Waals surface area contributed by atoms with E-state index in [1.165, 1.54) is 0 Å². The van der Waals surface area contributed by atoms with Crippen LogP contribution in [0.25, 0.3) is 0 Å². The molecule has 2 fully saturated rings. The molecule has 2 saturated carbocycles. The molecule has 0 aromatic heterocycles. The van der Waals surface area contributed by atoms with E-state index in [4.69, 9.17) is 10.9 Å². The molecular weight excluding hydrogens is 258 g/mol. The number of amides is 1. The average Bonchev–Trinajstić information content (AvgIpc) is 2.59. The molecule has 2 atom stereocenters. The summed E-state index contributed by atoms with van der Waals surface area (Å²) in [5.74, 6) is 0.160. The van der Waals surface area contributed by atoms with E-state index >= 15 is 0 Å². The Morgan fingerprint density at radius 1 is 1.30 bits per heavy atom. The molecule has 0 saturated heterocycles. The van der Waals surface area contributed by atoms with E-state index in [0.717, 1.165) is 32.1 Å². The minimum Gasteiger partial charge on any atom is -0.409 e. The topological polar surface area (TPSA) is 108 Å². The fourth-order valence-corrected chi connectivity index (χ4v) is 3.50. The molecule has 0 heterocycles. The highest BCUT2D eigenvalue weighted by Gasteiger charge is 2.52. The second-order valence-corrected chi connectivity index (χ2v) is 6.37. The number of carbonyl (C=O) groups is 1. The van der Waals surface area contributed by atoms with Crippen molar-refractivity contribution in [3.05, 3.63) is 0 Å². The van der Waals surface area contributed by atoms with Gasteiger partial charge in [0.25, 0.3) is 0 Å².